The molecule has 0 aromatic heterocycles. The van der Waals surface area contributed by atoms with E-state index in [2.05, 4.69) is 5.32 Å². The average Bonchev–Trinajstić information content (AvgIpc) is 2.96. The fourth-order valence-electron chi connectivity index (χ4n) is 4.22. The molecule has 3 rings (SSSR count). The quantitative estimate of drug-likeness (QED) is 0.354. The van der Waals surface area contributed by atoms with E-state index in [-0.39, 0.29) is 29.3 Å². The molecule has 0 saturated heterocycles. The lowest BCUT2D eigenvalue weighted by Gasteiger charge is -2.33. The Morgan fingerprint density at radius 3 is 2.17 bits per heavy atom. The Hall–Kier alpha value is -4.12. The molecule has 1 atom stereocenters. The Morgan fingerprint density at radius 2 is 1.62 bits per heavy atom. The van der Waals surface area contributed by atoms with Crippen molar-refractivity contribution in [3.63, 3.8) is 0 Å². The highest BCUT2D eigenvalue weighted by Gasteiger charge is 2.34. The minimum Gasteiger partial charge on any atom is -0.497 e. The normalized spacial score (nSPS) is 11.8. The number of hydrogen-bond donors (Lipinski definition) is 1. The number of carbonyl (C=O) groups excluding carboxylic acids is 2. The number of carbonyl (C=O) groups is 2. The molecule has 3 aromatic rings. The summed E-state index contributed by atoms with van der Waals surface area (Å²) in [4.78, 5) is 28.1. The van der Waals surface area contributed by atoms with Gasteiger partial charge in [-0.3, -0.25) is 13.9 Å². The number of sulfonamides is 1. The van der Waals surface area contributed by atoms with Gasteiger partial charge in [-0.1, -0.05) is 36.8 Å². The summed E-state index contributed by atoms with van der Waals surface area (Å²) in [5.41, 5.74) is 1.52. The molecule has 3 aromatic carbocycles. The van der Waals surface area contributed by atoms with Crippen molar-refractivity contribution in [3.8, 4) is 11.5 Å². The first-order chi connectivity index (χ1) is 19.0. The van der Waals surface area contributed by atoms with Gasteiger partial charge in [-0.15, -0.1) is 0 Å². The molecule has 0 radical (unpaired) electrons. The van der Waals surface area contributed by atoms with Crippen LogP contribution in [-0.2, 0) is 26.2 Å². The van der Waals surface area contributed by atoms with Crippen LogP contribution in [0.25, 0.3) is 0 Å². The number of amides is 2. The van der Waals surface area contributed by atoms with Gasteiger partial charge >= 0.3 is 0 Å². The van der Waals surface area contributed by atoms with Crippen molar-refractivity contribution < 1.29 is 31.9 Å². The van der Waals surface area contributed by atoms with Crippen LogP contribution in [0.2, 0.25) is 0 Å². The van der Waals surface area contributed by atoms with Crippen LogP contribution in [0.4, 0.5) is 10.1 Å². The largest absolute Gasteiger partial charge is 0.497 e. The molecule has 0 aliphatic heterocycles. The number of aryl methyl sites for hydroxylation is 1. The van der Waals surface area contributed by atoms with Crippen molar-refractivity contribution in [2.24, 2.45) is 0 Å². The standard InChI is InChI=1S/C29H34FN3O6S/c1-6-25(29(35)31-3)32(18-21-9-11-22(30)12-10-21)28(34)19-33(26-17-23(38-4)13-16-27(26)39-5)40(36,37)24-14-7-20(2)8-15-24/h7-17,25H,6,18-19H2,1-5H3,(H,31,35). The molecule has 1 N–H and O–H groups in total. The summed E-state index contributed by atoms with van der Waals surface area (Å²) in [7, 11) is -0.00259. The molecule has 0 saturated carbocycles. The van der Waals surface area contributed by atoms with E-state index in [0.29, 0.717) is 11.3 Å². The maximum absolute atomic E-state index is 14.0. The fourth-order valence-corrected chi connectivity index (χ4v) is 5.63. The van der Waals surface area contributed by atoms with Gasteiger partial charge in [-0.25, -0.2) is 12.8 Å². The van der Waals surface area contributed by atoms with Crippen LogP contribution in [-0.4, -0.2) is 59.0 Å². The molecule has 0 spiro atoms. The molecule has 0 heterocycles. The molecule has 0 aliphatic rings. The van der Waals surface area contributed by atoms with Gasteiger partial charge in [0.15, 0.2) is 0 Å². The lowest BCUT2D eigenvalue weighted by Crippen LogP contribution is -2.51. The Labute approximate surface area is 234 Å². The van der Waals surface area contributed by atoms with Gasteiger partial charge in [0.25, 0.3) is 10.0 Å². The second-order valence-corrected chi connectivity index (χ2v) is 10.9. The van der Waals surface area contributed by atoms with Crippen molar-refractivity contribution in [2.75, 3.05) is 32.1 Å². The van der Waals surface area contributed by atoms with Crippen molar-refractivity contribution in [1.82, 2.24) is 10.2 Å². The number of hydrogen-bond acceptors (Lipinski definition) is 6. The number of halogens is 1. The smallest absolute Gasteiger partial charge is 0.264 e. The zero-order valence-corrected chi connectivity index (χ0v) is 24.0. The van der Waals surface area contributed by atoms with Gasteiger partial charge in [0.1, 0.15) is 29.9 Å². The lowest BCUT2D eigenvalue weighted by atomic mass is 10.1. The number of anilines is 1. The number of nitrogens with zero attached hydrogens (tertiary/aromatic N) is 2. The zero-order valence-electron chi connectivity index (χ0n) is 23.2. The van der Waals surface area contributed by atoms with Crippen LogP contribution in [0.1, 0.15) is 24.5 Å². The Bertz CT molecular complexity index is 1430. The van der Waals surface area contributed by atoms with Crippen LogP contribution < -0.4 is 19.1 Å². The van der Waals surface area contributed by atoms with Gasteiger partial charge in [-0.2, -0.15) is 0 Å². The van der Waals surface area contributed by atoms with Gasteiger partial charge in [0.2, 0.25) is 11.8 Å². The van der Waals surface area contributed by atoms with E-state index in [9.17, 15) is 22.4 Å². The van der Waals surface area contributed by atoms with E-state index in [1.807, 2.05) is 6.92 Å². The minimum atomic E-state index is -4.29. The average molecular weight is 572 g/mol. The van der Waals surface area contributed by atoms with E-state index in [4.69, 9.17) is 9.47 Å². The third-order valence-electron chi connectivity index (χ3n) is 6.44. The first-order valence-corrected chi connectivity index (χ1v) is 14.1. The van der Waals surface area contributed by atoms with Crippen molar-refractivity contribution in [3.05, 3.63) is 83.7 Å². The van der Waals surface area contributed by atoms with Gasteiger partial charge in [0, 0.05) is 19.7 Å². The van der Waals surface area contributed by atoms with E-state index < -0.39 is 40.2 Å². The topological polar surface area (TPSA) is 105 Å². The molecule has 9 nitrogen and oxygen atoms in total. The SMILES string of the molecule is CCC(C(=O)NC)N(Cc1ccc(F)cc1)C(=O)CN(c1cc(OC)ccc1OC)S(=O)(=O)c1ccc(C)cc1. The van der Waals surface area contributed by atoms with Crippen LogP contribution in [0.15, 0.2) is 71.6 Å². The number of benzene rings is 3. The van der Waals surface area contributed by atoms with Crippen LogP contribution in [0, 0.1) is 12.7 Å². The molecular weight excluding hydrogens is 537 g/mol. The Balaban J connectivity index is 2.14. The highest BCUT2D eigenvalue weighted by Crippen LogP contribution is 2.36. The summed E-state index contributed by atoms with van der Waals surface area (Å²) in [6.07, 6.45) is 0.264. The summed E-state index contributed by atoms with van der Waals surface area (Å²) < 4.78 is 53.4. The Kier molecular flexibility index (Phi) is 10.1. The van der Waals surface area contributed by atoms with E-state index in [0.717, 1.165) is 9.87 Å². The van der Waals surface area contributed by atoms with Crippen LogP contribution in [0.3, 0.4) is 0 Å². The Morgan fingerprint density at radius 1 is 0.975 bits per heavy atom. The van der Waals surface area contributed by atoms with Crippen molar-refractivity contribution >= 4 is 27.5 Å². The first kappa shape index (κ1) is 30.4. The van der Waals surface area contributed by atoms with Crippen molar-refractivity contribution in [2.45, 2.75) is 37.8 Å². The number of likely N-dealkylation sites (N-methyl/N-ethyl adjacent to an activating group) is 1. The van der Waals surface area contributed by atoms with Gasteiger partial charge in [0.05, 0.1) is 24.8 Å². The highest BCUT2D eigenvalue weighted by molar-refractivity contribution is 7.92. The number of ether oxygens (including phenoxy) is 2. The number of rotatable bonds is 12. The maximum Gasteiger partial charge on any atom is 0.264 e. The zero-order chi connectivity index (χ0) is 29.4. The molecular formula is C29H34FN3O6S. The second kappa shape index (κ2) is 13.3. The maximum atomic E-state index is 14.0. The predicted octanol–water partition coefficient (Wildman–Crippen LogP) is 3.90. The summed E-state index contributed by atoms with van der Waals surface area (Å²) in [5.74, 6) is -0.939. The summed E-state index contributed by atoms with van der Waals surface area (Å²) in [6, 6.07) is 15.5. The third-order valence-corrected chi connectivity index (χ3v) is 8.22. The molecule has 11 heteroatoms. The lowest BCUT2D eigenvalue weighted by molar-refractivity contribution is -0.140. The summed E-state index contributed by atoms with van der Waals surface area (Å²) in [6.45, 7) is 2.89. The predicted molar refractivity (Wildman–Crippen MR) is 150 cm³/mol. The molecule has 0 aliphatic carbocycles. The molecule has 40 heavy (non-hydrogen) atoms. The van der Waals surface area contributed by atoms with E-state index in [1.165, 1.54) is 68.6 Å². The third kappa shape index (κ3) is 6.90. The first-order valence-electron chi connectivity index (χ1n) is 12.6. The second-order valence-electron chi connectivity index (χ2n) is 9.05. The fraction of sp³-hybridized carbons (Fsp3) is 0.310. The molecule has 2 amide bonds. The minimum absolute atomic E-state index is 0.0285. The number of nitrogens with one attached hydrogen (secondary N) is 1. The summed E-state index contributed by atoms with van der Waals surface area (Å²) in [5, 5.41) is 2.56. The molecule has 0 bridgehead atoms. The van der Waals surface area contributed by atoms with Gasteiger partial charge < -0.3 is 19.7 Å². The van der Waals surface area contributed by atoms with Crippen LogP contribution in [0.5, 0.6) is 11.5 Å². The monoisotopic (exact) mass is 571 g/mol. The van der Waals surface area contributed by atoms with E-state index >= 15 is 0 Å². The van der Waals surface area contributed by atoms with Crippen LogP contribution >= 0.6 is 0 Å². The number of methoxy groups -OCH3 is 2. The molecule has 1 unspecified atom stereocenters. The summed E-state index contributed by atoms with van der Waals surface area (Å²) >= 11 is 0. The highest BCUT2D eigenvalue weighted by atomic mass is 32.2. The molecule has 0 fully saturated rings. The van der Waals surface area contributed by atoms with Gasteiger partial charge in [-0.05, 0) is 55.3 Å². The molecule has 214 valence electrons. The van der Waals surface area contributed by atoms with Crippen molar-refractivity contribution in [1.29, 1.82) is 0 Å². The van der Waals surface area contributed by atoms with E-state index in [1.54, 1.807) is 31.2 Å².